The van der Waals surface area contributed by atoms with Crippen molar-refractivity contribution >= 4 is 23.4 Å². The molecule has 0 amide bonds. The largest absolute Gasteiger partial charge is 0.487 e. The topological polar surface area (TPSA) is 51.7 Å². The van der Waals surface area contributed by atoms with Crippen molar-refractivity contribution in [2.75, 3.05) is 25.1 Å². The quantitative estimate of drug-likeness (QED) is 0.748. The first-order valence-electron chi connectivity index (χ1n) is 7.60. The molecule has 0 spiro atoms. The van der Waals surface area contributed by atoms with Crippen molar-refractivity contribution in [1.82, 2.24) is 4.98 Å². The maximum absolute atomic E-state index is 12.6. The van der Waals surface area contributed by atoms with Crippen LogP contribution in [0.25, 0.3) is 0 Å². The number of benzene rings is 1. The predicted molar refractivity (Wildman–Crippen MR) is 88.7 cm³/mol. The first kappa shape index (κ1) is 18.3. The monoisotopic (exact) mass is 386 g/mol. The summed E-state index contributed by atoms with van der Waals surface area (Å²) >= 11 is 5.87. The van der Waals surface area contributed by atoms with Gasteiger partial charge in [-0.1, -0.05) is 11.6 Å². The lowest BCUT2D eigenvalue weighted by Gasteiger charge is -2.40. The number of hydrogen-bond acceptors (Lipinski definition) is 5. The Bertz CT molecular complexity index is 806. The molecule has 0 N–H and O–H groups in total. The van der Waals surface area contributed by atoms with Crippen LogP contribution >= 0.6 is 11.6 Å². The second-order valence-electron chi connectivity index (χ2n) is 5.68. The van der Waals surface area contributed by atoms with Gasteiger partial charge in [0.05, 0.1) is 30.8 Å². The summed E-state index contributed by atoms with van der Waals surface area (Å²) in [5, 5.41) is 0.312. The van der Waals surface area contributed by atoms with Gasteiger partial charge in [-0.05, 0) is 30.3 Å². The molecule has 1 aliphatic rings. The Hall–Kier alpha value is -2.48. The maximum Gasteiger partial charge on any atom is 0.416 e. The number of aromatic nitrogens is 1. The molecule has 0 atom stereocenters. The van der Waals surface area contributed by atoms with E-state index in [1.807, 2.05) is 0 Å². The highest BCUT2D eigenvalue weighted by Crippen LogP contribution is 2.31. The second-order valence-corrected chi connectivity index (χ2v) is 6.12. The number of rotatable bonds is 4. The summed E-state index contributed by atoms with van der Waals surface area (Å²) in [6.45, 7) is 0.860. The lowest BCUT2D eigenvalue weighted by molar-refractivity contribution is -0.137. The van der Waals surface area contributed by atoms with E-state index in [-0.39, 0.29) is 11.7 Å². The van der Waals surface area contributed by atoms with Crippen LogP contribution in [0.2, 0.25) is 5.02 Å². The minimum absolute atomic E-state index is 0.227. The zero-order valence-corrected chi connectivity index (χ0v) is 14.3. The molecule has 2 aromatic rings. The zero-order valence-electron chi connectivity index (χ0n) is 13.6. The van der Waals surface area contributed by atoms with Crippen LogP contribution in [0.15, 0.2) is 36.5 Å². The summed E-state index contributed by atoms with van der Waals surface area (Å²) in [6, 6.07) is 5.99. The van der Waals surface area contributed by atoms with Gasteiger partial charge in [-0.3, -0.25) is 0 Å². The molecule has 0 aliphatic carbocycles. The molecule has 1 aliphatic heterocycles. The number of methoxy groups -OCH3 is 1. The summed E-state index contributed by atoms with van der Waals surface area (Å²) in [5.74, 6) is 0.218. The first-order chi connectivity index (χ1) is 12.3. The summed E-state index contributed by atoms with van der Waals surface area (Å²) in [7, 11) is 1.26. The van der Waals surface area contributed by atoms with Crippen LogP contribution in [0.3, 0.4) is 0 Å². The average Bonchev–Trinajstić information content (AvgIpc) is 2.57. The number of anilines is 1. The molecular weight excluding hydrogens is 373 g/mol. The molecule has 1 aromatic heterocycles. The van der Waals surface area contributed by atoms with Crippen LogP contribution in [0, 0.1) is 0 Å². The molecule has 5 nitrogen and oxygen atoms in total. The van der Waals surface area contributed by atoms with Crippen molar-refractivity contribution < 1.29 is 27.4 Å². The summed E-state index contributed by atoms with van der Waals surface area (Å²) in [6.07, 6.45) is -3.18. The Morgan fingerprint density at radius 2 is 1.92 bits per heavy atom. The predicted octanol–water partition coefficient (Wildman–Crippen LogP) is 3.81. The molecule has 0 radical (unpaired) electrons. The van der Waals surface area contributed by atoms with E-state index in [9.17, 15) is 18.0 Å². The Morgan fingerprint density at radius 1 is 1.27 bits per heavy atom. The van der Waals surface area contributed by atoms with Crippen molar-refractivity contribution in [3.8, 4) is 5.75 Å². The lowest BCUT2D eigenvalue weighted by Crippen LogP contribution is -2.54. The number of esters is 1. The van der Waals surface area contributed by atoms with Crippen LogP contribution < -0.4 is 9.64 Å². The van der Waals surface area contributed by atoms with E-state index in [2.05, 4.69) is 4.98 Å². The third-order valence-electron chi connectivity index (χ3n) is 3.87. The summed E-state index contributed by atoms with van der Waals surface area (Å²) < 4.78 is 48.0. The number of halogens is 4. The van der Waals surface area contributed by atoms with Gasteiger partial charge in [0.25, 0.3) is 0 Å². The number of carbonyl (C=O) groups is 1. The fourth-order valence-electron chi connectivity index (χ4n) is 2.54. The van der Waals surface area contributed by atoms with Crippen LogP contribution in [0.1, 0.15) is 15.9 Å². The summed E-state index contributed by atoms with van der Waals surface area (Å²) in [5.41, 5.74) is -0.485. The standard InChI is InChI=1S/C17H14ClF3N2O3/c1-25-16(24)14-6-11(18)7-22-15(14)23-8-13(9-23)26-12-4-2-10(3-5-12)17(19,20)21/h2-7,13H,8-9H2,1H3. The molecule has 0 bridgehead atoms. The maximum atomic E-state index is 12.6. The number of hydrogen-bond donors (Lipinski definition) is 0. The summed E-state index contributed by atoms with van der Waals surface area (Å²) in [4.78, 5) is 17.8. The van der Waals surface area contributed by atoms with Crippen LogP contribution in [-0.4, -0.2) is 37.3 Å². The lowest BCUT2D eigenvalue weighted by atomic mass is 10.1. The van der Waals surface area contributed by atoms with Gasteiger partial charge >= 0.3 is 12.1 Å². The van der Waals surface area contributed by atoms with E-state index in [0.717, 1.165) is 12.1 Å². The number of pyridine rings is 1. The van der Waals surface area contributed by atoms with Crippen molar-refractivity contribution in [2.45, 2.75) is 12.3 Å². The van der Waals surface area contributed by atoms with Crippen molar-refractivity contribution in [3.63, 3.8) is 0 Å². The number of carbonyl (C=O) groups excluding carboxylic acids is 1. The Balaban J connectivity index is 1.64. The fraction of sp³-hybridized carbons (Fsp3) is 0.294. The van der Waals surface area contributed by atoms with Crippen molar-refractivity contribution in [1.29, 1.82) is 0 Å². The molecule has 1 aromatic carbocycles. The molecule has 2 heterocycles. The van der Waals surface area contributed by atoms with E-state index >= 15 is 0 Å². The van der Waals surface area contributed by atoms with E-state index in [1.165, 1.54) is 31.5 Å². The van der Waals surface area contributed by atoms with Gasteiger partial charge in [0.2, 0.25) is 0 Å². The van der Waals surface area contributed by atoms with Gasteiger partial charge in [-0.25, -0.2) is 9.78 Å². The van der Waals surface area contributed by atoms with Gasteiger partial charge in [0, 0.05) is 6.20 Å². The minimum atomic E-state index is -4.38. The van der Waals surface area contributed by atoms with E-state index in [1.54, 1.807) is 4.90 Å². The van der Waals surface area contributed by atoms with E-state index in [0.29, 0.717) is 29.7 Å². The highest BCUT2D eigenvalue weighted by molar-refractivity contribution is 6.30. The third-order valence-corrected chi connectivity index (χ3v) is 4.08. The SMILES string of the molecule is COC(=O)c1cc(Cl)cnc1N1CC(Oc2ccc(C(F)(F)F)cc2)C1. The molecule has 0 unspecified atom stereocenters. The Labute approximate surface area is 152 Å². The molecule has 3 rings (SSSR count). The molecule has 1 saturated heterocycles. The van der Waals surface area contributed by atoms with Crippen molar-refractivity contribution in [2.24, 2.45) is 0 Å². The molecule has 26 heavy (non-hydrogen) atoms. The van der Waals surface area contributed by atoms with Gasteiger partial charge < -0.3 is 14.4 Å². The molecule has 9 heteroatoms. The van der Waals surface area contributed by atoms with E-state index in [4.69, 9.17) is 21.1 Å². The van der Waals surface area contributed by atoms with Gasteiger partial charge in [0.15, 0.2) is 0 Å². The smallest absolute Gasteiger partial charge is 0.416 e. The van der Waals surface area contributed by atoms with Crippen LogP contribution in [-0.2, 0) is 10.9 Å². The van der Waals surface area contributed by atoms with Crippen LogP contribution in [0.5, 0.6) is 5.75 Å². The first-order valence-corrected chi connectivity index (χ1v) is 7.98. The number of nitrogens with zero attached hydrogens (tertiary/aromatic N) is 2. The third kappa shape index (κ3) is 3.85. The normalized spacial score (nSPS) is 14.7. The molecular formula is C17H14ClF3N2O3. The van der Waals surface area contributed by atoms with Crippen LogP contribution in [0.4, 0.5) is 19.0 Å². The molecule has 138 valence electrons. The van der Waals surface area contributed by atoms with Crippen molar-refractivity contribution in [3.05, 3.63) is 52.7 Å². The fourth-order valence-corrected chi connectivity index (χ4v) is 2.70. The van der Waals surface area contributed by atoms with Gasteiger partial charge in [-0.15, -0.1) is 0 Å². The minimum Gasteiger partial charge on any atom is -0.487 e. The molecule has 0 saturated carbocycles. The van der Waals surface area contributed by atoms with Gasteiger partial charge in [0.1, 0.15) is 23.2 Å². The highest BCUT2D eigenvalue weighted by Gasteiger charge is 2.33. The van der Waals surface area contributed by atoms with E-state index < -0.39 is 17.7 Å². The zero-order chi connectivity index (χ0) is 18.9. The Morgan fingerprint density at radius 3 is 2.50 bits per heavy atom. The number of alkyl halides is 3. The molecule has 1 fully saturated rings. The second kappa shape index (κ2) is 7.03. The average molecular weight is 387 g/mol. The Kier molecular flexibility index (Phi) is 4.95. The highest BCUT2D eigenvalue weighted by atomic mass is 35.5. The number of ether oxygens (including phenoxy) is 2. The van der Waals surface area contributed by atoms with Gasteiger partial charge in [-0.2, -0.15) is 13.2 Å².